The van der Waals surface area contributed by atoms with Gasteiger partial charge in [0.15, 0.2) is 17.4 Å². The molecule has 8 heteroatoms. The number of aromatic hydroxyl groups is 1. The Kier molecular flexibility index (Phi) is 4.30. The summed E-state index contributed by atoms with van der Waals surface area (Å²) in [6.45, 7) is 1.66. The number of carbonyl (C=O) groups excluding carboxylic acids is 1. The van der Waals surface area contributed by atoms with E-state index in [2.05, 4.69) is 0 Å². The molecule has 0 spiro atoms. The normalized spacial score (nSPS) is 21.7. The Morgan fingerprint density at radius 3 is 2.50 bits per heavy atom. The summed E-state index contributed by atoms with van der Waals surface area (Å²) in [4.78, 5) is 24.5. The minimum atomic E-state index is -1.77. The summed E-state index contributed by atoms with van der Waals surface area (Å²) in [5.41, 5.74) is -0.825. The molecule has 1 saturated heterocycles. The van der Waals surface area contributed by atoms with Crippen LogP contribution in [0.3, 0.4) is 0 Å². The van der Waals surface area contributed by atoms with Gasteiger partial charge >= 0.3 is 5.97 Å². The van der Waals surface area contributed by atoms with Gasteiger partial charge in [0, 0.05) is 12.6 Å². The molecule has 0 unspecified atom stereocenters. The van der Waals surface area contributed by atoms with Crippen LogP contribution in [0.15, 0.2) is 6.07 Å². The molecule has 1 aromatic rings. The number of amides is 1. The van der Waals surface area contributed by atoms with E-state index in [1.54, 1.807) is 0 Å². The van der Waals surface area contributed by atoms with E-state index < -0.39 is 52.6 Å². The highest BCUT2D eigenvalue weighted by molar-refractivity contribution is 5.95. The van der Waals surface area contributed by atoms with Crippen LogP contribution in [-0.2, 0) is 4.79 Å². The van der Waals surface area contributed by atoms with Gasteiger partial charge in [-0.05, 0) is 25.8 Å². The van der Waals surface area contributed by atoms with Gasteiger partial charge in [-0.2, -0.15) is 4.39 Å². The molecule has 1 aromatic carbocycles. The molecule has 2 atom stereocenters. The Morgan fingerprint density at radius 1 is 1.27 bits per heavy atom. The Balaban J connectivity index is 2.38. The van der Waals surface area contributed by atoms with Crippen molar-refractivity contribution in [3.05, 3.63) is 29.1 Å². The second-order valence-corrected chi connectivity index (χ2v) is 5.21. The lowest BCUT2D eigenvalue weighted by Gasteiger charge is -2.37. The number of phenols is 1. The van der Waals surface area contributed by atoms with Crippen molar-refractivity contribution in [3.63, 3.8) is 0 Å². The summed E-state index contributed by atoms with van der Waals surface area (Å²) in [7, 11) is 0. The Morgan fingerprint density at radius 2 is 1.91 bits per heavy atom. The minimum Gasteiger partial charge on any atom is -0.503 e. The summed E-state index contributed by atoms with van der Waals surface area (Å²) in [5, 5.41) is 18.3. The fourth-order valence-corrected chi connectivity index (χ4v) is 2.66. The summed E-state index contributed by atoms with van der Waals surface area (Å²) >= 11 is 0. The molecule has 0 saturated carbocycles. The number of benzene rings is 1. The van der Waals surface area contributed by atoms with Crippen molar-refractivity contribution in [2.75, 3.05) is 6.54 Å². The van der Waals surface area contributed by atoms with Gasteiger partial charge in [-0.15, -0.1) is 0 Å². The number of carboxylic acids is 1. The first-order chi connectivity index (χ1) is 10.3. The van der Waals surface area contributed by atoms with E-state index >= 15 is 0 Å². The zero-order chi connectivity index (χ0) is 16.6. The van der Waals surface area contributed by atoms with Crippen LogP contribution in [0.1, 0.15) is 30.1 Å². The first kappa shape index (κ1) is 16.1. The highest BCUT2D eigenvalue weighted by Gasteiger charge is 2.37. The van der Waals surface area contributed by atoms with E-state index in [1.165, 1.54) is 6.92 Å². The van der Waals surface area contributed by atoms with Crippen molar-refractivity contribution < 1.29 is 33.0 Å². The quantitative estimate of drug-likeness (QED) is 0.819. The average molecular weight is 317 g/mol. The molecule has 2 N–H and O–H groups in total. The lowest BCUT2D eigenvalue weighted by atomic mass is 9.89. The van der Waals surface area contributed by atoms with Gasteiger partial charge in [-0.3, -0.25) is 9.59 Å². The van der Waals surface area contributed by atoms with Gasteiger partial charge in [-0.25, -0.2) is 8.78 Å². The Bertz CT molecular complexity index is 635. The van der Waals surface area contributed by atoms with Crippen molar-refractivity contribution >= 4 is 11.9 Å². The Labute approximate surface area is 124 Å². The van der Waals surface area contributed by atoms with Crippen LogP contribution in [0.2, 0.25) is 0 Å². The highest BCUT2D eigenvalue weighted by Crippen LogP contribution is 2.30. The maximum atomic E-state index is 13.8. The molecule has 0 bridgehead atoms. The largest absolute Gasteiger partial charge is 0.503 e. The third kappa shape index (κ3) is 2.60. The number of hydrogen-bond acceptors (Lipinski definition) is 3. The molecule has 1 amide bonds. The lowest BCUT2D eigenvalue weighted by Crippen LogP contribution is -2.49. The molecule has 0 radical (unpaired) electrons. The van der Waals surface area contributed by atoms with E-state index in [4.69, 9.17) is 10.2 Å². The maximum absolute atomic E-state index is 13.8. The van der Waals surface area contributed by atoms with E-state index in [-0.39, 0.29) is 6.54 Å². The lowest BCUT2D eigenvalue weighted by molar-refractivity contribution is -0.144. The molecule has 22 heavy (non-hydrogen) atoms. The number of rotatable bonds is 2. The minimum absolute atomic E-state index is 0.170. The predicted octanol–water partition coefficient (Wildman–Crippen LogP) is 2.13. The van der Waals surface area contributed by atoms with Crippen LogP contribution in [0, 0.1) is 23.4 Å². The van der Waals surface area contributed by atoms with Crippen LogP contribution in [0.25, 0.3) is 0 Å². The van der Waals surface area contributed by atoms with Crippen LogP contribution in [0.5, 0.6) is 5.75 Å². The van der Waals surface area contributed by atoms with Crippen LogP contribution >= 0.6 is 0 Å². The topological polar surface area (TPSA) is 77.8 Å². The molecule has 5 nitrogen and oxygen atoms in total. The zero-order valence-corrected chi connectivity index (χ0v) is 11.6. The smallest absolute Gasteiger partial charge is 0.308 e. The van der Waals surface area contributed by atoms with Crippen molar-refractivity contribution in [3.8, 4) is 5.75 Å². The van der Waals surface area contributed by atoms with Crippen molar-refractivity contribution in [1.29, 1.82) is 0 Å². The second kappa shape index (κ2) is 5.86. The van der Waals surface area contributed by atoms with Gasteiger partial charge in [0.05, 0.1) is 11.5 Å². The van der Waals surface area contributed by atoms with E-state index in [0.29, 0.717) is 18.9 Å². The van der Waals surface area contributed by atoms with Gasteiger partial charge < -0.3 is 15.1 Å². The number of phenolic OH excluding ortho intramolecular Hbond substituents is 1. The Hall–Kier alpha value is -2.25. The third-order valence-electron chi connectivity index (χ3n) is 3.93. The number of halogens is 3. The summed E-state index contributed by atoms with van der Waals surface area (Å²) in [6, 6.07) is -0.363. The van der Waals surface area contributed by atoms with E-state index in [0.717, 1.165) is 4.90 Å². The van der Waals surface area contributed by atoms with Gasteiger partial charge in [0.1, 0.15) is 0 Å². The number of carboxylic acid groups (broad SMARTS) is 1. The average Bonchev–Trinajstić information content (AvgIpc) is 2.48. The molecule has 1 fully saturated rings. The molecule has 1 aliphatic heterocycles. The molecule has 2 rings (SSSR count). The number of carbonyl (C=O) groups is 2. The zero-order valence-electron chi connectivity index (χ0n) is 11.6. The number of nitrogens with zero attached hydrogens (tertiary/aromatic N) is 1. The fourth-order valence-electron chi connectivity index (χ4n) is 2.66. The molecular formula is C14H14F3NO4. The third-order valence-corrected chi connectivity index (χ3v) is 3.93. The maximum Gasteiger partial charge on any atom is 0.308 e. The first-order valence-corrected chi connectivity index (χ1v) is 6.66. The number of piperidine rings is 1. The number of hydrogen-bond donors (Lipinski definition) is 2. The highest BCUT2D eigenvalue weighted by atomic mass is 19.2. The van der Waals surface area contributed by atoms with Crippen LogP contribution < -0.4 is 0 Å². The van der Waals surface area contributed by atoms with Crippen molar-refractivity contribution in [2.45, 2.75) is 25.8 Å². The SMILES string of the molecule is C[C@@H]1[C@H](C(=O)O)CCCN1C(=O)c1cc(F)c(F)c(O)c1F. The second-order valence-electron chi connectivity index (χ2n) is 5.21. The summed E-state index contributed by atoms with van der Waals surface area (Å²) in [6.07, 6.45) is 0.760. The number of aliphatic carboxylic acids is 1. The van der Waals surface area contributed by atoms with Gasteiger partial charge in [0.2, 0.25) is 5.82 Å². The van der Waals surface area contributed by atoms with Crippen LogP contribution in [0.4, 0.5) is 13.2 Å². The number of likely N-dealkylation sites (tertiary alicyclic amines) is 1. The molecule has 1 aliphatic rings. The van der Waals surface area contributed by atoms with Crippen molar-refractivity contribution in [1.82, 2.24) is 4.90 Å². The first-order valence-electron chi connectivity index (χ1n) is 6.66. The van der Waals surface area contributed by atoms with Gasteiger partial charge in [-0.1, -0.05) is 0 Å². The van der Waals surface area contributed by atoms with Crippen molar-refractivity contribution in [2.24, 2.45) is 5.92 Å². The predicted molar refractivity (Wildman–Crippen MR) is 68.8 cm³/mol. The van der Waals surface area contributed by atoms with E-state index in [9.17, 15) is 22.8 Å². The van der Waals surface area contributed by atoms with Crippen LogP contribution in [-0.4, -0.2) is 39.6 Å². The standard InChI is InChI=1S/C14H14F3NO4/c1-6-7(14(21)22)3-2-4-18(6)13(20)8-5-9(15)11(17)12(19)10(8)16/h5-7,19H,2-4H2,1H3,(H,21,22)/t6-,7-/m1/s1. The summed E-state index contributed by atoms with van der Waals surface area (Å²) < 4.78 is 40.1. The molecule has 0 aliphatic carbocycles. The molecule has 0 aromatic heterocycles. The monoisotopic (exact) mass is 317 g/mol. The van der Waals surface area contributed by atoms with E-state index in [1.807, 2.05) is 0 Å². The van der Waals surface area contributed by atoms with Gasteiger partial charge in [0.25, 0.3) is 5.91 Å². The molecular weight excluding hydrogens is 303 g/mol. The fraction of sp³-hybridized carbons (Fsp3) is 0.429. The molecule has 120 valence electrons. The summed E-state index contributed by atoms with van der Waals surface area (Å²) in [5.74, 6) is -9.34. The molecule has 1 heterocycles.